The first-order valence-electron chi connectivity index (χ1n) is 3.77. The van der Waals surface area contributed by atoms with E-state index in [0.29, 0.717) is 6.61 Å². The third-order valence-electron chi connectivity index (χ3n) is 2.36. The second kappa shape index (κ2) is 2.15. The first-order chi connectivity index (χ1) is 5.14. The number of halogens is 1. The van der Waals surface area contributed by atoms with Gasteiger partial charge in [-0.05, 0) is 0 Å². The molecule has 3 nitrogen and oxygen atoms in total. The van der Waals surface area contributed by atoms with Crippen LogP contribution in [0, 0.1) is 5.92 Å². The average Bonchev–Trinajstić information content (AvgIpc) is 2.39. The number of rotatable bonds is 0. The van der Waals surface area contributed by atoms with E-state index in [9.17, 15) is 4.39 Å². The maximum Gasteiger partial charge on any atom is 0.264 e. The minimum atomic E-state index is -1.93. The lowest BCUT2D eigenvalue weighted by Crippen LogP contribution is -2.41. The molecule has 2 fully saturated rings. The Morgan fingerprint density at radius 1 is 1.55 bits per heavy atom. The maximum atomic E-state index is 13.5. The molecule has 0 spiro atoms. The lowest BCUT2D eigenvalue weighted by molar-refractivity contribution is -0.169. The fourth-order valence-corrected chi connectivity index (χ4v) is 1.69. The minimum absolute atomic E-state index is 0.0390. The molecule has 4 heteroatoms. The highest BCUT2D eigenvalue weighted by Crippen LogP contribution is 2.41. The Morgan fingerprint density at radius 2 is 2.27 bits per heavy atom. The van der Waals surface area contributed by atoms with Crippen molar-refractivity contribution in [2.24, 2.45) is 5.92 Å². The second-order valence-corrected chi connectivity index (χ2v) is 3.26. The Kier molecular flexibility index (Phi) is 1.46. The van der Waals surface area contributed by atoms with Gasteiger partial charge in [-0.1, -0.05) is 6.92 Å². The molecule has 1 N–H and O–H groups in total. The summed E-state index contributed by atoms with van der Waals surface area (Å²) in [6.07, 6.45) is -1.69. The predicted octanol–water partition coefficient (Wildman–Crippen LogP) is 0.0782. The van der Waals surface area contributed by atoms with Gasteiger partial charge in [-0.2, -0.15) is 0 Å². The summed E-state index contributed by atoms with van der Waals surface area (Å²) >= 11 is 0. The highest BCUT2D eigenvalue weighted by molar-refractivity contribution is 4.98. The van der Waals surface area contributed by atoms with Crippen LogP contribution in [0.15, 0.2) is 0 Å². The van der Waals surface area contributed by atoms with Gasteiger partial charge in [-0.25, -0.2) is 4.39 Å². The summed E-state index contributed by atoms with van der Waals surface area (Å²) in [6.45, 7) is 2.23. The molecule has 0 bridgehead atoms. The van der Waals surface area contributed by atoms with Gasteiger partial charge in [0.15, 0.2) is 0 Å². The second-order valence-electron chi connectivity index (χ2n) is 3.26. The van der Waals surface area contributed by atoms with Crippen LogP contribution < -0.4 is 0 Å². The Bertz CT molecular complexity index is 175. The van der Waals surface area contributed by atoms with Gasteiger partial charge >= 0.3 is 0 Å². The van der Waals surface area contributed by atoms with E-state index in [2.05, 4.69) is 0 Å². The van der Waals surface area contributed by atoms with Gasteiger partial charge in [0.05, 0.1) is 13.2 Å². The van der Waals surface area contributed by atoms with Crippen LogP contribution >= 0.6 is 0 Å². The van der Waals surface area contributed by atoms with Gasteiger partial charge in [0, 0.05) is 5.92 Å². The fourth-order valence-electron chi connectivity index (χ4n) is 1.69. The van der Waals surface area contributed by atoms with E-state index in [1.165, 1.54) is 0 Å². The van der Waals surface area contributed by atoms with Crippen molar-refractivity contribution in [2.75, 3.05) is 13.2 Å². The highest BCUT2D eigenvalue weighted by Gasteiger charge is 2.59. The van der Waals surface area contributed by atoms with E-state index in [4.69, 9.17) is 14.6 Å². The first kappa shape index (κ1) is 7.46. The molecule has 0 aromatic heterocycles. The van der Waals surface area contributed by atoms with Crippen molar-refractivity contribution >= 4 is 0 Å². The molecule has 11 heavy (non-hydrogen) atoms. The molecule has 2 aliphatic rings. The van der Waals surface area contributed by atoms with E-state index in [1.54, 1.807) is 0 Å². The van der Waals surface area contributed by atoms with Crippen LogP contribution in [-0.4, -0.2) is 36.4 Å². The maximum absolute atomic E-state index is 13.5. The monoisotopic (exact) mass is 162 g/mol. The van der Waals surface area contributed by atoms with E-state index in [1.807, 2.05) is 6.92 Å². The van der Waals surface area contributed by atoms with Crippen molar-refractivity contribution < 1.29 is 19.0 Å². The topological polar surface area (TPSA) is 38.7 Å². The Hall–Kier alpha value is -0.190. The van der Waals surface area contributed by atoms with Gasteiger partial charge in [0.2, 0.25) is 0 Å². The zero-order valence-corrected chi connectivity index (χ0v) is 6.29. The number of aliphatic hydroxyl groups is 1. The van der Waals surface area contributed by atoms with Gasteiger partial charge in [0.1, 0.15) is 12.2 Å². The molecular formula is C7H11FO3. The summed E-state index contributed by atoms with van der Waals surface area (Å²) in [5, 5.41) is 9.15. The quantitative estimate of drug-likeness (QED) is 0.548. The zero-order chi connectivity index (χ0) is 8.06. The number of ether oxygens (including phenoxy) is 2. The van der Waals surface area contributed by atoms with E-state index >= 15 is 0 Å². The van der Waals surface area contributed by atoms with Crippen molar-refractivity contribution in [2.45, 2.75) is 25.0 Å². The summed E-state index contributed by atoms with van der Waals surface area (Å²) in [7, 11) is 0. The molecule has 2 heterocycles. The number of alkyl halides is 1. The Labute approximate surface area is 64.1 Å². The minimum Gasteiger partial charge on any atom is -0.385 e. The van der Waals surface area contributed by atoms with Crippen LogP contribution in [0.2, 0.25) is 0 Å². The van der Waals surface area contributed by atoms with Crippen LogP contribution in [0.4, 0.5) is 4.39 Å². The van der Waals surface area contributed by atoms with Crippen molar-refractivity contribution in [3.63, 3.8) is 0 Å². The summed E-state index contributed by atoms with van der Waals surface area (Å²) in [6, 6.07) is 0. The molecule has 0 amide bonds. The molecular weight excluding hydrogens is 151 g/mol. The van der Waals surface area contributed by atoms with Crippen LogP contribution in [0.5, 0.6) is 0 Å². The number of hydrogen-bond donors (Lipinski definition) is 1. The molecule has 0 saturated carbocycles. The third-order valence-corrected chi connectivity index (χ3v) is 2.36. The molecule has 0 aliphatic carbocycles. The van der Waals surface area contributed by atoms with Crippen LogP contribution in [0.3, 0.4) is 0 Å². The SMILES string of the molecule is CC1CO[C@]2(F)[C@H](O)CO[C@H]12. The van der Waals surface area contributed by atoms with Gasteiger partial charge in [-0.3, -0.25) is 0 Å². The molecule has 2 rings (SSSR count). The van der Waals surface area contributed by atoms with Crippen LogP contribution in [0.1, 0.15) is 6.92 Å². The molecule has 0 aromatic rings. The van der Waals surface area contributed by atoms with Crippen molar-refractivity contribution in [3.8, 4) is 0 Å². The standard InChI is InChI=1S/C7H11FO3/c1-4-2-11-7(8)5(9)3-10-6(4)7/h4-6,9H,2-3H2,1H3/t4?,5-,6-,7-/m1/s1. The molecule has 2 saturated heterocycles. The molecule has 64 valence electrons. The number of hydrogen-bond acceptors (Lipinski definition) is 3. The van der Waals surface area contributed by atoms with E-state index < -0.39 is 18.1 Å². The first-order valence-corrected chi connectivity index (χ1v) is 3.77. The zero-order valence-electron chi connectivity index (χ0n) is 6.29. The van der Waals surface area contributed by atoms with Crippen molar-refractivity contribution in [1.29, 1.82) is 0 Å². The Morgan fingerprint density at radius 3 is 2.91 bits per heavy atom. The van der Waals surface area contributed by atoms with Gasteiger partial charge in [0.25, 0.3) is 5.85 Å². The largest absolute Gasteiger partial charge is 0.385 e. The molecule has 2 aliphatic heterocycles. The van der Waals surface area contributed by atoms with Crippen LogP contribution in [0.25, 0.3) is 0 Å². The van der Waals surface area contributed by atoms with Crippen molar-refractivity contribution in [3.05, 3.63) is 0 Å². The lowest BCUT2D eigenvalue weighted by atomic mass is 10.0. The molecule has 1 unspecified atom stereocenters. The number of aliphatic hydroxyl groups excluding tert-OH is 1. The lowest BCUT2D eigenvalue weighted by Gasteiger charge is -2.19. The smallest absolute Gasteiger partial charge is 0.264 e. The summed E-state index contributed by atoms with van der Waals surface area (Å²) in [5.41, 5.74) is 0. The van der Waals surface area contributed by atoms with Crippen molar-refractivity contribution in [1.82, 2.24) is 0 Å². The highest BCUT2D eigenvalue weighted by atomic mass is 19.2. The molecule has 0 aromatic carbocycles. The normalized spacial score (nSPS) is 56.5. The molecule has 0 radical (unpaired) electrons. The summed E-state index contributed by atoms with van der Waals surface area (Å²) in [5.74, 6) is -1.89. The van der Waals surface area contributed by atoms with E-state index in [0.717, 1.165) is 0 Å². The average molecular weight is 162 g/mol. The summed E-state index contributed by atoms with van der Waals surface area (Å²) in [4.78, 5) is 0. The van der Waals surface area contributed by atoms with Crippen LogP contribution in [-0.2, 0) is 9.47 Å². The fraction of sp³-hybridized carbons (Fsp3) is 1.00. The number of fused-ring (bicyclic) bond motifs is 1. The predicted molar refractivity (Wildman–Crippen MR) is 34.7 cm³/mol. The van der Waals surface area contributed by atoms with Gasteiger partial charge < -0.3 is 14.6 Å². The molecule has 4 atom stereocenters. The van der Waals surface area contributed by atoms with E-state index in [-0.39, 0.29) is 12.5 Å². The summed E-state index contributed by atoms with van der Waals surface area (Å²) < 4.78 is 23.4. The van der Waals surface area contributed by atoms with Gasteiger partial charge in [-0.15, -0.1) is 0 Å². The Balaban J connectivity index is 2.23. The third kappa shape index (κ3) is 0.832.